The Bertz CT molecular complexity index is 1770. The van der Waals surface area contributed by atoms with Gasteiger partial charge in [0.05, 0.1) is 23.6 Å². The van der Waals surface area contributed by atoms with Gasteiger partial charge in [0.15, 0.2) is 5.65 Å². The molecule has 2 N–H and O–H groups in total. The Morgan fingerprint density at radius 3 is 2.45 bits per heavy atom. The third-order valence-electron chi connectivity index (χ3n) is 9.64. The van der Waals surface area contributed by atoms with Crippen LogP contribution < -0.4 is 9.64 Å². The topological polar surface area (TPSA) is 104 Å². The van der Waals surface area contributed by atoms with Gasteiger partial charge in [-0.1, -0.05) is 6.42 Å². The number of ether oxygens (including phenoxy) is 2. The first kappa shape index (κ1) is 34.6. The van der Waals surface area contributed by atoms with Crippen molar-refractivity contribution in [2.45, 2.75) is 57.2 Å². The number of rotatable bonds is 13. The molecule has 262 valence electrons. The molecule has 0 bridgehead atoms. The summed E-state index contributed by atoms with van der Waals surface area (Å²) in [6, 6.07) is 11.7. The van der Waals surface area contributed by atoms with Crippen molar-refractivity contribution in [3.8, 4) is 28.4 Å². The molecule has 0 radical (unpaired) electrons. The van der Waals surface area contributed by atoms with Gasteiger partial charge in [-0.05, 0) is 87.2 Å². The van der Waals surface area contributed by atoms with E-state index in [1.807, 2.05) is 36.2 Å². The Balaban J connectivity index is 1.25. The average molecular weight is 684 g/mol. The number of nitrogens with zero attached hydrogens (tertiary/aromatic N) is 4. The molecule has 0 amide bonds. The molecule has 0 atom stereocenters. The monoisotopic (exact) mass is 683 g/mol. The number of piperidine rings is 1. The van der Waals surface area contributed by atoms with E-state index >= 15 is 0 Å². The highest BCUT2D eigenvalue weighted by Gasteiger charge is 2.38. The maximum absolute atomic E-state index is 14.5. The van der Waals surface area contributed by atoms with E-state index in [1.54, 1.807) is 13.2 Å². The van der Waals surface area contributed by atoms with Gasteiger partial charge in [0.25, 0.3) is 0 Å². The van der Waals surface area contributed by atoms with E-state index in [1.165, 1.54) is 0 Å². The Morgan fingerprint density at radius 1 is 1.08 bits per heavy atom. The van der Waals surface area contributed by atoms with Crippen molar-refractivity contribution < 1.29 is 36.9 Å². The smallest absolute Gasteiger partial charge is 0.416 e. The van der Waals surface area contributed by atoms with Gasteiger partial charge in [-0.2, -0.15) is 13.2 Å². The van der Waals surface area contributed by atoms with Crippen LogP contribution in [0.2, 0.25) is 0 Å². The number of aromatic amines is 1. The summed E-state index contributed by atoms with van der Waals surface area (Å²) in [7, 11) is 3.60. The van der Waals surface area contributed by atoms with Gasteiger partial charge < -0.3 is 29.4 Å². The number of aliphatic carboxylic acids is 1. The molecule has 6 rings (SSSR count). The van der Waals surface area contributed by atoms with E-state index < -0.39 is 23.5 Å². The van der Waals surface area contributed by atoms with Gasteiger partial charge in [0.2, 0.25) is 0 Å². The number of benzene rings is 2. The fraction of sp³-hybridized carbons (Fsp3) is 0.472. The number of carboxylic acids is 1. The molecule has 13 heteroatoms. The Labute approximate surface area is 282 Å². The molecule has 0 unspecified atom stereocenters. The number of H-pyrrole nitrogens is 1. The number of hydrogen-bond donors (Lipinski definition) is 2. The van der Waals surface area contributed by atoms with Gasteiger partial charge in [0, 0.05) is 56.8 Å². The fourth-order valence-corrected chi connectivity index (χ4v) is 6.97. The predicted octanol–water partition coefficient (Wildman–Crippen LogP) is 7.41. The lowest BCUT2D eigenvalue weighted by molar-refractivity contribution is -0.138. The first-order chi connectivity index (χ1) is 23.4. The minimum atomic E-state index is -4.71. The van der Waals surface area contributed by atoms with E-state index in [-0.39, 0.29) is 29.2 Å². The molecule has 3 heterocycles. The Kier molecular flexibility index (Phi) is 10.1. The maximum atomic E-state index is 14.5. The van der Waals surface area contributed by atoms with Crippen molar-refractivity contribution in [2.75, 3.05) is 51.8 Å². The lowest BCUT2D eigenvalue weighted by atomic mass is 9.69. The second-order valence-corrected chi connectivity index (χ2v) is 13.4. The number of methoxy groups -OCH3 is 1. The molecular formula is C36H41F4N5O4. The molecule has 2 aromatic heterocycles. The van der Waals surface area contributed by atoms with Crippen molar-refractivity contribution in [1.29, 1.82) is 0 Å². The van der Waals surface area contributed by atoms with Crippen LogP contribution in [0.3, 0.4) is 0 Å². The van der Waals surface area contributed by atoms with E-state index in [9.17, 15) is 22.4 Å². The van der Waals surface area contributed by atoms with E-state index in [4.69, 9.17) is 19.6 Å². The standard InChI is InChI=1S/C36H41F4N5O4/c1-44(21-35(22-48-2)12-4-13-35)30-20-29(24-17-25(36(38,39)40)19-26(37)18-24)41-34-32(30)42-33(43-34)23-6-8-27(9-7-23)49-28-10-15-45(16-11-28)14-3-5-31(46)47/h6-9,17-20,28H,3-5,10-16,21-22H2,1-2H3,(H,46,47)(H,41,42,43). The second-order valence-electron chi connectivity index (χ2n) is 13.4. The summed E-state index contributed by atoms with van der Waals surface area (Å²) >= 11 is 0. The fourth-order valence-electron chi connectivity index (χ4n) is 6.97. The lowest BCUT2D eigenvalue weighted by Gasteiger charge is -2.44. The molecule has 0 spiro atoms. The van der Waals surface area contributed by atoms with Crippen LogP contribution in [0.5, 0.6) is 5.75 Å². The minimum Gasteiger partial charge on any atom is -0.490 e. The highest BCUT2D eigenvalue weighted by atomic mass is 19.4. The number of anilines is 1. The summed E-state index contributed by atoms with van der Waals surface area (Å²) in [6.45, 7) is 3.72. The summed E-state index contributed by atoms with van der Waals surface area (Å²) in [5, 5.41) is 8.87. The number of carbonyl (C=O) groups is 1. The van der Waals surface area contributed by atoms with Crippen LogP contribution in [0.25, 0.3) is 33.8 Å². The molecule has 2 aromatic carbocycles. The molecule has 2 fully saturated rings. The van der Waals surface area contributed by atoms with Crippen LogP contribution in [0.1, 0.15) is 50.5 Å². The Hall–Kier alpha value is -4.23. The summed E-state index contributed by atoms with van der Waals surface area (Å²) < 4.78 is 67.1. The molecule has 1 saturated heterocycles. The van der Waals surface area contributed by atoms with Crippen LogP contribution in [-0.2, 0) is 15.7 Å². The van der Waals surface area contributed by atoms with Crippen molar-refractivity contribution in [2.24, 2.45) is 5.41 Å². The number of halogens is 4. The van der Waals surface area contributed by atoms with Crippen molar-refractivity contribution in [3.63, 3.8) is 0 Å². The highest BCUT2D eigenvalue weighted by molar-refractivity contribution is 5.91. The van der Waals surface area contributed by atoms with Crippen LogP contribution >= 0.6 is 0 Å². The maximum Gasteiger partial charge on any atom is 0.416 e. The van der Waals surface area contributed by atoms with Crippen molar-refractivity contribution in [3.05, 3.63) is 59.9 Å². The van der Waals surface area contributed by atoms with Crippen LogP contribution in [0.4, 0.5) is 23.2 Å². The first-order valence-electron chi connectivity index (χ1n) is 16.6. The number of hydrogen-bond acceptors (Lipinski definition) is 7. The molecule has 2 aliphatic rings. The molecule has 1 aliphatic carbocycles. The normalized spacial score (nSPS) is 16.9. The number of carboxylic acid groups (broad SMARTS) is 1. The van der Waals surface area contributed by atoms with Crippen molar-refractivity contribution >= 4 is 22.8 Å². The zero-order valence-electron chi connectivity index (χ0n) is 27.7. The minimum absolute atomic E-state index is 0.0104. The van der Waals surface area contributed by atoms with Gasteiger partial charge >= 0.3 is 12.1 Å². The third-order valence-corrected chi connectivity index (χ3v) is 9.64. The van der Waals surface area contributed by atoms with Gasteiger partial charge in [0.1, 0.15) is 29.0 Å². The number of imidazole rings is 1. The van der Waals surface area contributed by atoms with Crippen LogP contribution in [0, 0.1) is 11.2 Å². The molecule has 9 nitrogen and oxygen atoms in total. The van der Waals surface area contributed by atoms with Crippen molar-refractivity contribution in [1.82, 2.24) is 19.9 Å². The second kappa shape index (κ2) is 14.3. The van der Waals surface area contributed by atoms with Gasteiger partial charge in [-0.15, -0.1) is 0 Å². The summed E-state index contributed by atoms with van der Waals surface area (Å²) in [4.78, 5) is 27.9. The number of alkyl halides is 3. The summed E-state index contributed by atoms with van der Waals surface area (Å²) in [6.07, 6.45) is 0.956. The molecular weight excluding hydrogens is 642 g/mol. The molecule has 4 aromatic rings. The zero-order chi connectivity index (χ0) is 34.8. The Morgan fingerprint density at radius 2 is 1.82 bits per heavy atom. The van der Waals surface area contributed by atoms with E-state index in [2.05, 4.69) is 14.9 Å². The lowest BCUT2D eigenvalue weighted by Crippen LogP contribution is -2.44. The van der Waals surface area contributed by atoms with Gasteiger partial charge in [-0.25, -0.2) is 14.4 Å². The molecule has 1 saturated carbocycles. The number of pyridine rings is 1. The van der Waals surface area contributed by atoms with Crippen LogP contribution in [0.15, 0.2) is 48.5 Å². The quantitative estimate of drug-likeness (QED) is 0.141. The summed E-state index contributed by atoms with van der Waals surface area (Å²) in [5.74, 6) is -0.521. The average Bonchev–Trinajstić information content (AvgIpc) is 3.48. The largest absolute Gasteiger partial charge is 0.490 e. The highest BCUT2D eigenvalue weighted by Crippen LogP contribution is 2.43. The van der Waals surface area contributed by atoms with Crippen LogP contribution in [-0.4, -0.2) is 84.0 Å². The number of aromatic nitrogens is 3. The predicted molar refractivity (Wildman–Crippen MR) is 178 cm³/mol. The van der Waals surface area contributed by atoms with Gasteiger partial charge in [-0.3, -0.25) is 4.79 Å². The summed E-state index contributed by atoms with van der Waals surface area (Å²) in [5.41, 5.74) is 1.45. The third kappa shape index (κ3) is 8.16. The molecule has 1 aliphatic heterocycles. The molecule has 49 heavy (non-hydrogen) atoms. The van der Waals surface area contributed by atoms with E-state index in [0.29, 0.717) is 48.3 Å². The van der Waals surface area contributed by atoms with E-state index in [0.717, 1.165) is 75.2 Å². The number of likely N-dealkylation sites (tertiary alicyclic amines) is 1. The zero-order valence-corrected chi connectivity index (χ0v) is 27.7. The first-order valence-corrected chi connectivity index (χ1v) is 16.6. The number of nitrogens with one attached hydrogen (secondary N) is 1. The number of fused-ring (bicyclic) bond motifs is 1. The SMILES string of the molecule is COCC1(CN(C)c2cc(-c3cc(F)cc(C(F)(F)F)c3)nc3nc(-c4ccc(OC5CCN(CCCC(=O)O)CC5)cc4)[nH]c23)CCC1.